The zero-order valence-electron chi connectivity index (χ0n) is 22.8. The molecular formula is C28H36BF2N3O6. The molecule has 3 aliphatic rings. The highest BCUT2D eigenvalue weighted by Gasteiger charge is 2.55. The normalized spacial score (nSPS) is 21.5. The molecule has 5 rings (SSSR count). The molecule has 0 spiro atoms. The first-order valence-electron chi connectivity index (χ1n) is 13.7. The summed E-state index contributed by atoms with van der Waals surface area (Å²) in [4.78, 5) is 1.89. The summed E-state index contributed by atoms with van der Waals surface area (Å²) in [7, 11) is 1.41. The number of hydrogen-bond donors (Lipinski definition) is 0. The van der Waals surface area contributed by atoms with Gasteiger partial charge in [-0.3, -0.25) is 4.49 Å². The average Bonchev–Trinajstić information content (AvgIpc) is 3.60. The monoisotopic (exact) mass is 559 g/mol. The SMILES string of the molecule is COC1=[N+]2C(=C(c3ccccc3)c3ccc(N4CCOCCOCCOCCOCCOCC4)n3[B-]2(F)F)C=C1. The van der Waals surface area contributed by atoms with E-state index < -0.39 is 6.97 Å². The second-order valence-electron chi connectivity index (χ2n) is 9.46. The molecule has 0 unspecified atom stereocenters. The lowest BCUT2D eigenvalue weighted by molar-refractivity contribution is -0.372. The number of hydrogen-bond acceptors (Lipinski definition) is 7. The summed E-state index contributed by atoms with van der Waals surface area (Å²) in [6, 6.07) is 13.1. The van der Waals surface area contributed by atoms with E-state index in [9.17, 15) is 0 Å². The van der Waals surface area contributed by atoms with Gasteiger partial charge >= 0.3 is 12.9 Å². The van der Waals surface area contributed by atoms with Gasteiger partial charge in [0, 0.05) is 24.9 Å². The van der Waals surface area contributed by atoms with Gasteiger partial charge in [-0.25, -0.2) is 0 Å². The van der Waals surface area contributed by atoms with Crippen LogP contribution in [0.25, 0.3) is 5.57 Å². The van der Waals surface area contributed by atoms with Crippen LogP contribution in [0.5, 0.6) is 0 Å². The molecule has 0 radical (unpaired) electrons. The first-order valence-corrected chi connectivity index (χ1v) is 13.7. The molecule has 2 aromatic rings. The molecule has 0 bridgehead atoms. The van der Waals surface area contributed by atoms with E-state index in [1.54, 1.807) is 24.3 Å². The Balaban J connectivity index is 1.45. The minimum atomic E-state index is -4.26. The fourth-order valence-electron chi connectivity index (χ4n) is 5.17. The molecule has 216 valence electrons. The number of nitrogens with zero attached hydrogens (tertiary/aromatic N) is 3. The van der Waals surface area contributed by atoms with E-state index >= 15 is 8.63 Å². The summed E-state index contributed by atoms with van der Waals surface area (Å²) in [5.74, 6) is 0.497. The predicted octanol–water partition coefficient (Wildman–Crippen LogP) is 3.01. The fourth-order valence-corrected chi connectivity index (χ4v) is 5.17. The Morgan fingerprint density at radius 3 is 1.82 bits per heavy atom. The third kappa shape index (κ3) is 6.16. The number of ether oxygens (including phenoxy) is 6. The lowest BCUT2D eigenvalue weighted by atomic mass is 9.86. The zero-order valence-corrected chi connectivity index (χ0v) is 22.8. The molecule has 4 heterocycles. The summed E-state index contributed by atoms with van der Waals surface area (Å²) >= 11 is 0. The van der Waals surface area contributed by atoms with Crippen LogP contribution in [0.4, 0.5) is 14.4 Å². The summed E-state index contributed by atoms with van der Waals surface area (Å²) in [6.45, 7) is 0.777. The number of halogens is 2. The summed E-state index contributed by atoms with van der Waals surface area (Å²) < 4.78 is 68.6. The molecule has 0 N–H and O–H groups in total. The number of aromatic nitrogens is 1. The van der Waals surface area contributed by atoms with Gasteiger partial charge in [-0.05, 0) is 17.7 Å². The number of allylic oxidation sites excluding steroid dienone is 1. The van der Waals surface area contributed by atoms with Crippen molar-refractivity contribution in [1.82, 2.24) is 4.48 Å². The van der Waals surface area contributed by atoms with Crippen LogP contribution in [0.1, 0.15) is 11.3 Å². The van der Waals surface area contributed by atoms with Crippen molar-refractivity contribution < 1.29 is 41.5 Å². The number of methoxy groups -OCH3 is 1. The van der Waals surface area contributed by atoms with Crippen LogP contribution in [-0.4, -0.2) is 108 Å². The Morgan fingerprint density at radius 1 is 0.725 bits per heavy atom. The lowest BCUT2D eigenvalue weighted by Gasteiger charge is -2.36. The van der Waals surface area contributed by atoms with Gasteiger partial charge in [0.1, 0.15) is 0 Å². The first kappa shape index (κ1) is 28.5. The molecule has 1 aromatic heterocycles. The molecule has 3 aliphatic heterocycles. The van der Waals surface area contributed by atoms with E-state index in [2.05, 4.69) is 0 Å². The zero-order chi connectivity index (χ0) is 27.8. The highest BCUT2D eigenvalue weighted by atomic mass is 19.2. The van der Waals surface area contributed by atoms with E-state index in [1.165, 1.54) is 7.11 Å². The third-order valence-corrected chi connectivity index (χ3v) is 7.01. The minimum absolute atomic E-state index is 0.107. The Hall–Kier alpha value is -3.03. The van der Waals surface area contributed by atoms with Crippen molar-refractivity contribution in [2.24, 2.45) is 0 Å². The van der Waals surface area contributed by atoms with E-state index in [-0.39, 0.29) is 5.90 Å². The number of anilines is 1. The minimum Gasteiger partial charge on any atom is -0.451 e. The van der Waals surface area contributed by atoms with Crippen molar-refractivity contribution in [3.05, 3.63) is 71.6 Å². The smallest absolute Gasteiger partial charge is 0.451 e. The van der Waals surface area contributed by atoms with Crippen molar-refractivity contribution >= 4 is 24.3 Å². The van der Waals surface area contributed by atoms with Crippen molar-refractivity contribution in [3.8, 4) is 0 Å². The number of fused-ring (bicyclic) bond motifs is 2. The topological polar surface area (TPSA) is 66.6 Å². The van der Waals surface area contributed by atoms with Crippen molar-refractivity contribution in [1.29, 1.82) is 0 Å². The van der Waals surface area contributed by atoms with Gasteiger partial charge in [0.15, 0.2) is 5.70 Å². The second-order valence-corrected chi connectivity index (χ2v) is 9.46. The number of benzene rings is 1. The third-order valence-electron chi connectivity index (χ3n) is 7.01. The lowest BCUT2D eigenvalue weighted by Crippen LogP contribution is -2.52. The van der Waals surface area contributed by atoms with Crippen LogP contribution in [0.2, 0.25) is 0 Å². The van der Waals surface area contributed by atoms with Crippen molar-refractivity contribution in [3.63, 3.8) is 0 Å². The fraction of sp³-hybridized carbons (Fsp3) is 0.464. The van der Waals surface area contributed by atoms with Crippen molar-refractivity contribution in [2.75, 3.05) is 91.2 Å². The maximum Gasteiger partial charge on any atom is 0.741 e. The van der Waals surface area contributed by atoms with Gasteiger partial charge in [0.2, 0.25) is 0 Å². The average molecular weight is 559 g/mol. The van der Waals surface area contributed by atoms with E-state index in [0.717, 1.165) is 20.1 Å². The molecule has 0 saturated carbocycles. The molecule has 9 nitrogen and oxygen atoms in total. The Morgan fingerprint density at radius 2 is 1.27 bits per heavy atom. The van der Waals surface area contributed by atoms with Crippen molar-refractivity contribution in [2.45, 2.75) is 0 Å². The molecule has 1 fully saturated rings. The summed E-state index contributed by atoms with van der Waals surface area (Å²) in [6.07, 6.45) is 3.29. The Labute approximate surface area is 233 Å². The van der Waals surface area contributed by atoms with Crippen LogP contribution in [0.3, 0.4) is 0 Å². The van der Waals surface area contributed by atoms with Gasteiger partial charge in [0.25, 0.3) is 0 Å². The Kier molecular flexibility index (Phi) is 9.66. The number of rotatable bonds is 2. The quantitative estimate of drug-likeness (QED) is 0.525. The highest BCUT2D eigenvalue weighted by Crippen LogP contribution is 2.42. The molecule has 40 heavy (non-hydrogen) atoms. The molecule has 1 aromatic carbocycles. The van der Waals surface area contributed by atoms with Crippen LogP contribution in [0.15, 0.2) is 60.3 Å². The maximum atomic E-state index is 16.5. The van der Waals surface area contributed by atoms with Crippen LogP contribution in [-0.2, 0) is 28.4 Å². The molecule has 0 atom stereocenters. The molecule has 0 aliphatic carbocycles. The molecule has 12 heteroatoms. The molecular weight excluding hydrogens is 523 g/mol. The van der Waals surface area contributed by atoms with Gasteiger partial charge in [0.05, 0.1) is 90.6 Å². The summed E-state index contributed by atoms with van der Waals surface area (Å²) in [5.41, 5.74) is 2.43. The second kappa shape index (κ2) is 13.6. The molecule has 1 saturated heterocycles. The summed E-state index contributed by atoms with van der Waals surface area (Å²) in [5, 5.41) is 0. The maximum absolute atomic E-state index is 16.5. The van der Waals surface area contributed by atoms with Gasteiger partial charge in [-0.1, -0.05) is 30.3 Å². The Bertz CT molecular complexity index is 1220. The predicted molar refractivity (Wildman–Crippen MR) is 148 cm³/mol. The van der Waals surface area contributed by atoms with Crippen LogP contribution in [0, 0.1) is 0 Å². The highest BCUT2D eigenvalue weighted by molar-refractivity contribution is 6.58. The van der Waals surface area contributed by atoms with Gasteiger partial charge in [-0.15, -0.1) is 0 Å². The largest absolute Gasteiger partial charge is 0.741 e. The molecule has 0 amide bonds. The van der Waals surface area contributed by atoms with E-state index in [1.807, 2.05) is 35.2 Å². The standard InChI is InChI=1S/C28H36BF2N3O6/c1-35-27-10-8-25-28(23-5-3-2-4-6-23)24-7-9-26(33(24)29(30,31)34(25)27)32-11-13-36-15-17-38-19-21-40-22-20-39-18-16-37-14-12-32/h2-10H,11-22H2,1H3. The van der Waals surface area contributed by atoms with Crippen LogP contribution >= 0.6 is 0 Å². The van der Waals surface area contributed by atoms with Crippen LogP contribution < -0.4 is 4.90 Å². The first-order chi connectivity index (χ1) is 19.6. The van der Waals surface area contributed by atoms with Gasteiger partial charge in [-0.2, -0.15) is 0 Å². The van der Waals surface area contributed by atoms with E-state index in [4.69, 9.17) is 28.4 Å². The van der Waals surface area contributed by atoms with Gasteiger partial charge < -0.3 is 46.4 Å². The van der Waals surface area contributed by atoms with E-state index in [0.29, 0.717) is 96.4 Å².